The molecule has 0 radical (unpaired) electrons. The molecule has 4 nitrogen and oxygen atoms in total. The summed E-state index contributed by atoms with van der Waals surface area (Å²) in [5.74, 6) is -0.330. The summed E-state index contributed by atoms with van der Waals surface area (Å²) in [6.45, 7) is 5.91. The van der Waals surface area contributed by atoms with Gasteiger partial charge in [0.05, 0.1) is 6.54 Å². The standard InChI is InChI=1S/C20H24N2O2/c1-14-7-9-17(10-8-14)11-12-18(23)21-13-19(24)22-20-15(2)5-4-6-16(20)3/h4-10H,11-13H2,1-3H3,(H,21,23)(H,22,24). The number of nitrogens with one attached hydrogen (secondary N) is 2. The van der Waals surface area contributed by atoms with E-state index in [1.807, 2.05) is 63.2 Å². The number of aryl methyl sites for hydroxylation is 4. The van der Waals surface area contributed by atoms with E-state index in [9.17, 15) is 9.59 Å². The van der Waals surface area contributed by atoms with Crippen molar-refractivity contribution in [2.45, 2.75) is 33.6 Å². The second-order valence-electron chi connectivity index (χ2n) is 6.08. The van der Waals surface area contributed by atoms with Crippen LogP contribution in [0.25, 0.3) is 0 Å². The predicted octanol–water partition coefficient (Wildman–Crippen LogP) is 3.30. The van der Waals surface area contributed by atoms with E-state index in [4.69, 9.17) is 0 Å². The maximum absolute atomic E-state index is 12.0. The number of benzene rings is 2. The van der Waals surface area contributed by atoms with E-state index in [2.05, 4.69) is 10.6 Å². The predicted molar refractivity (Wildman–Crippen MR) is 97.1 cm³/mol. The molecule has 0 heterocycles. The quantitative estimate of drug-likeness (QED) is 0.856. The van der Waals surface area contributed by atoms with Gasteiger partial charge in [-0.15, -0.1) is 0 Å². The normalized spacial score (nSPS) is 10.3. The van der Waals surface area contributed by atoms with Crippen molar-refractivity contribution in [1.82, 2.24) is 5.32 Å². The Labute approximate surface area is 143 Å². The lowest BCUT2D eigenvalue weighted by Gasteiger charge is -2.12. The topological polar surface area (TPSA) is 58.2 Å². The lowest BCUT2D eigenvalue weighted by atomic mass is 10.1. The van der Waals surface area contributed by atoms with Gasteiger partial charge in [0.1, 0.15) is 0 Å². The van der Waals surface area contributed by atoms with Gasteiger partial charge in [0.25, 0.3) is 0 Å². The molecule has 0 fully saturated rings. The van der Waals surface area contributed by atoms with E-state index < -0.39 is 0 Å². The molecule has 0 spiro atoms. The first-order valence-corrected chi connectivity index (χ1v) is 8.14. The number of amides is 2. The molecule has 0 aliphatic rings. The summed E-state index contributed by atoms with van der Waals surface area (Å²) in [6.07, 6.45) is 1.05. The van der Waals surface area contributed by atoms with Gasteiger partial charge < -0.3 is 10.6 Å². The maximum Gasteiger partial charge on any atom is 0.243 e. The molecule has 2 N–H and O–H groups in total. The first kappa shape index (κ1) is 17.7. The first-order valence-electron chi connectivity index (χ1n) is 8.14. The fourth-order valence-corrected chi connectivity index (χ4v) is 2.48. The molecule has 4 heteroatoms. The lowest BCUT2D eigenvalue weighted by Crippen LogP contribution is -2.33. The van der Waals surface area contributed by atoms with Crippen LogP contribution in [-0.4, -0.2) is 18.4 Å². The Morgan fingerprint density at radius 1 is 0.875 bits per heavy atom. The van der Waals surface area contributed by atoms with Crippen molar-refractivity contribution in [1.29, 1.82) is 0 Å². The molecule has 0 aliphatic heterocycles. The van der Waals surface area contributed by atoms with Crippen LogP contribution in [0.3, 0.4) is 0 Å². The molecule has 0 aliphatic carbocycles. The zero-order valence-electron chi connectivity index (χ0n) is 14.5. The fraction of sp³-hybridized carbons (Fsp3) is 0.300. The molecule has 2 aromatic rings. The van der Waals surface area contributed by atoms with E-state index >= 15 is 0 Å². The third kappa shape index (κ3) is 5.23. The van der Waals surface area contributed by atoms with E-state index in [1.165, 1.54) is 5.56 Å². The minimum atomic E-state index is -0.212. The zero-order chi connectivity index (χ0) is 17.5. The highest BCUT2D eigenvalue weighted by atomic mass is 16.2. The van der Waals surface area contributed by atoms with Crippen molar-refractivity contribution in [2.75, 3.05) is 11.9 Å². The number of hydrogen-bond donors (Lipinski definition) is 2. The molecule has 2 aromatic carbocycles. The van der Waals surface area contributed by atoms with Crippen LogP contribution in [0.15, 0.2) is 42.5 Å². The van der Waals surface area contributed by atoms with Gasteiger partial charge in [0.15, 0.2) is 0 Å². The lowest BCUT2D eigenvalue weighted by molar-refractivity contribution is -0.124. The molecule has 126 valence electrons. The van der Waals surface area contributed by atoms with Crippen LogP contribution in [0.5, 0.6) is 0 Å². The van der Waals surface area contributed by atoms with Gasteiger partial charge in [-0.3, -0.25) is 9.59 Å². The third-order valence-corrected chi connectivity index (χ3v) is 3.95. The second kappa shape index (κ2) is 8.29. The number of rotatable bonds is 6. The summed E-state index contributed by atoms with van der Waals surface area (Å²) in [4.78, 5) is 23.9. The Bertz CT molecular complexity index is 701. The molecule has 0 atom stereocenters. The molecule has 0 unspecified atom stereocenters. The molecule has 0 bridgehead atoms. The summed E-state index contributed by atoms with van der Waals surface area (Å²) in [5.41, 5.74) is 5.15. The van der Waals surface area contributed by atoms with Gasteiger partial charge in [-0.1, -0.05) is 48.0 Å². The van der Waals surface area contributed by atoms with Crippen LogP contribution in [0.2, 0.25) is 0 Å². The van der Waals surface area contributed by atoms with Crippen molar-refractivity contribution in [3.63, 3.8) is 0 Å². The number of para-hydroxylation sites is 1. The molecule has 0 saturated carbocycles. The maximum atomic E-state index is 12.0. The van der Waals surface area contributed by atoms with Crippen LogP contribution in [0, 0.1) is 20.8 Å². The van der Waals surface area contributed by atoms with Crippen LogP contribution in [-0.2, 0) is 16.0 Å². The van der Waals surface area contributed by atoms with Crippen molar-refractivity contribution in [3.8, 4) is 0 Å². The van der Waals surface area contributed by atoms with Crippen LogP contribution in [0.4, 0.5) is 5.69 Å². The van der Waals surface area contributed by atoms with Gasteiger partial charge >= 0.3 is 0 Å². The SMILES string of the molecule is Cc1ccc(CCC(=O)NCC(=O)Nc2c(C)cccc2C)cc1. The first-order chi connectivity index (χ1) is 11.5. The molecule has 0 saturated heterocycles. The minimum Gasteiger partial charge on any atom is -0.347 e. The van der Waals surface area contributed by atoms with Gasteiger partial charge in [-0.25, -0.2) is 0 Å². The molecule has 24 heavy (non-hydrogen) atoms. The molecule has 0 aromatic heterocycles. The van der Waals surface area contributed by atoms with Gasteiger partial charge in [0, 0.05) is 12.1 Å². The number of hydrogen-bond acceptors (Lipinski definition) is 2. The summed E-state index contributed by atoms with van der Waals surface area (Å²) in [7, 11) is 0. The average Bonchev–Trinajstić information content (AvgIpc) is 2.56. The van der Waals surface area contributed by atoms with E-state index in [1.54, 1.807) is 0 Å². The van der Waals surface area contributed by atoms with Crippen molar-refractivity contribution in [2.24, 2.45) is 0 Å². The van der Waals surface area contributed by atoms with Crippen molar-refractivity contribution in [3.05, 3.63) is 64.7 Å². The monoisotopic (exact) mass is 324 g/mol. The average molecular weight is 324 g/mol. The summed E-state index contributed by atoms with van der Waals surface area (Å²) in [5, 5.41) is 5.53. The van der Waals surface area contributed by atoms with Crippen LogP contribution >= 0.6 is 0 Å². The highest BCUT2D eigenvalue weighted by molar-refractivity contribution is 5.95. The zero-order valence-corrected chi connectivity index (χ0v) is 14.5. The Morgan fingerprint density at radius 2 is 1.50 bits per heavy atom. The van der Waals surface area contributed by atoms with Gasteiger partial charge in [-0.05, 0) is 43.9 Å². The summed E-state index contributed by atoms with van der Waals surface area (Å²) >= 11 is 0. The fourth-order valence-electron chi connectivity index (χ4n) is 2.48. The van der Waals surface area contributed by atoms with E-state index in [0.717, 1.165) is 22.4 Å². The van der Waals surface area contributed by atoms with Crippen LogP contribution in [0.1, 0.15) is 28.7 Å². The largest absolute Gasteiger partial charge is 0.347 e. The van der Waals surface area contributed by atoms with Crippen molar-refractivity contribution < 1.29 is 9.59 Å². The summed E-state index contributed by atoms with van der Waals surface area (Å²) in [6, 6.07) is 14.0. The number of carbonyl (C=O) groups is 2. The minimum absolute atomic E-state index is 0.0134. The molecular weight excluding hydrogens is 300 g/mol. The van der Waals surface area contributed by atoms with Crippen molar-refractivity contribution >= 4 is 17.5 Å². The van der Waals surface area contributed by atoms with E-state index in [-0.39, 0.29) is 18.4 Å². The number of anilines is 1. The van der Waals surface area contributed by atoms with Crippen LogP contribution < -0.4 is 10.6 Å². The Balaban J connectivity index is 1.77. The Hall–Kier alpha value is -2.62. The Morgan fingerprint density at radius 3 is 2.12 bits per heavy atom. The molecule has 2 rings (SSSR count). The highest BCUT2D eigenvalue weighted by Gasteiger charge is 2.09. The Kier molecular flexibility index (Phi) is 6.13. The summed E-state index contributed by atoms with van der Waals surface area (Å²) < 4.78 is 0. The smallest absolute Gasteiger partial charge is 0.243 e. The molecule has 2 amide bonds. The number of carbonyl (C=O) groups excluding carboxylic acids is 2. The van der Waals surface area contributed by atoms with E-state index in [0.29, 0.717) is 12.8 Å². The third-order valence-electron chi connectivity index (χ3n) is 3.95. The second-order valence-corrected chi connectivity index (χ2v) is 6.08. The molecular formula is C20H24N2O2. The highest BCUT2D eigenvalue weighted by Crippen LogP contribution is 2.18. The van der Waals surface area contributed by atoms with Gasteiger partial charge in [-0.2, -0.15) is 0 Å². The van der Waals surface area contributed by atoms with Gasteiger partial charge in [0.2, 0.25) is 11.8 Å².